The Morgan fingerprint density at radius 1 is 0.812 bits per heavy atom. The minimum Gasteiger partial charge on any atom is -0.393 e. The van der Waals surface area contributed by atoms with Crippen molar-refractivity contribution in [2.75, 3.05) is 0 Å². The van der Waals surface area contributed by atoms with Gasteiger partial charge in [0.2, 0.25) is 0 Å². The number of hydrogen-bond donors (Lipinski definition) is 1. The molecule has 1 heteroatoms. The highest BCUT2D eigenvalue weighted by atomic mass is 16.3. The van der Waals surface area contributed by atoms with Crippen LogP contribution in [0.1, 0.15) is 73.1 Å². The van der Waals surface area contributed by atoms with E-state index < -0.39 is 0 Å². The quantitative estimate of drug-likeness (QED) is 0.609. The second kappa shape index (κ2) is 9.04. The minimum absolute atomic E-state index is 0.1000. The van der Waals surface area contributed by atoms with Crippen molar-refractivity contribution in [3.05, 3.63) is 0 Å². The maximum atomic E-state index is 9.73. The van der Waals surface area contributed by atoms with Crippen LogP contribution in [0.2, 0.25) is 0 Å². The predicted octanol–water partition coefficient (Wildman–Crippen LogP) is 4.64. The summed E-state index contributed by atoms with van der Waals surface area (Å²) in [5.41, 5.74) is 0. The molecule has 0 heterocycles. The van der Waals surface area contributed by atoms with Crippen LogP contribution in [0.25, 0.3) is 0 Å². The van der Waals surface area contributed by atoms with Gasteiger partial charge in [0.05, 0.1) is 6.10 Å². The topological polar surface area (TPSA) is 20.2 Å². The van der Waals surface area contributed by atoms with Gasteiger partial charge in [0, 0.05) is 0 Å². The van der Waals surface area contributed by atoms with Gasteiger partial charge in [0.1, 0.15) is 0 Å². The Morgan fingerprint density at radius 2 is 1.38 bits per heavy atom. The zero-order valence-electron chi connectivity index (χ0n) is 12.0. The zero-order valence-corrected chi connectivity index (χ0v) is 12.0. The highest BCUT2D eigenvalue weighted by Gasteiger charge is 2.11. The monoisotopic (exact) mass is 228 g/mol. The Hall–Kier alpha value is -0.0400. The normalized spacial score (nSPS) is 17.4. The summed E-state index contributed by atoms with van der Waals surface area (Å²) < 4.78 is 0. The fourth-order valence-corrected chi connectivity index (χ4v) is 1.95. The summed E-state index contributed by atoms with van der Waals surface area (Å²) in [5, 5.41) is 9.73. The van der Waals surface area contributed by atoms with Gasteiger partial charge in [-0.15, -0.1) is 0 Å². The zero-order chi connectivity index (χ0) is 12.6. The molecule has 0 radical (unpaired) electrons. The van der Waals surface area contributed by atoms with Crippen LogP contribution in [0.5, 0.6) is 0 Å². The van der Waals surface area contributed by atoms with E-state index in [9.17, 15) is 5.11 Å². The van der Waals surface area contributed by atoms with E-state index in [-0.39, 0.29) is 6.10 Å². The molecule has 0 aliphatic carbocycles. The number of aliphatic hydroxyl groups excluding tert-OH is 1. The van der Waals surface area contributed by atoms with Gasteiger partial charge in [-0.05, 0) is 30.6 Å². The fourth-order valence-electron chi connectivity index (χ4n) is 1.95. The highest BCUT2D eigenvalue weighted by molar-refractivity contribution is 4.63. The van der Waals surface area contributed by atoms with Gasteiger partial charge in [-0.2, -0.15) is 0 Å². The van der Waals surface area contributed by atoms with E-state index in [0.29, 0.717) is 5.92 Å². The largest absolute Gasteiger partial charge is 0.393 e. The third-order valence-electron chi connectivity index (χ3n) is 3.82. The Morgan fingerprint density at radius 3 is 1.88 bits per heavy atom. The van der Waals surface area contributed by atoms with E-state index in [2.05, 4.69) is 34.6 Å². The summed E-state index contributed by atoms with van der Waals surface area (Å²) in [6, 6.07) is 0. The molecule has 0 aromatic heterocycles. The standard InChI is InChI=1S/C15H32O/c1-6-13(4)8-7-9-14(5)10-11-15(16)12(2)3/h12-16H,6-11H2,1-5H3. The van der Waals surface area contributed by atoms with Crippen LogP contribution in [0.4, 0.5) is 0 Å². The van der Waals surface area contributed by atoms with Gasteiger partial charge >= 0.3 is 0 Å². The smallest absolute Gasteiger partial charge is 0.0563 e. The van der Waals surface area contributed by atoms with Gasteiger partial charge in [-0.1, -0.05) is 60.3 Å². The first-order chi connectivity index (χ1) is 7.47. The molecule has 0 aliphatic rings. The van der Waals surface area contributed by atoms with Gasteiger partial charge in [-0.25, -0.2) is 0 Å². The molecule has 0 bridgehead atoms. The molecule has 0 spiro atoms. The second-order valence-electron chi connectivity index (χ2n) is 5.94. The maximum absolute atomic E-state index is 9.73. The lowest BCUT2D eigenvalue weighted by Crippen LogP contribution is -2.15. The third kappa shape index (κ3) is 8.15. The number of aliphatic hydroxyl groups is 1. The third-order valence-corrected chi connectivity index (χ3v) is 3.82. The molecule has 0 aliphatic heterocycles. The number of hydrogen-bond acceptors (Lipinski definition) is 1. The molecule has 16 heavy (non-hydrogen) atoms. The van der Waals surface area contributed by atoms with Crippen molar-refractivity contribution in [3.63, 3.8) is 0 Å². The first kappa shape index (κ1) is 16.0. The van der Waals surface area contributed by atoms with Gasteiger partial charge in [-0.3, -0.25) is 0 Å². The van der Waals surface area contributed by atoms with Crippen molar-refractivity contribution in [2.24, 2.45) is 17.8 Å². The molecule has 0 saturated heterocycles. The predicted molar refractivity (Wildman–Crippen MR) is 72.5 cm³/mol. The van der Waals surface area contributed by atoms with Crippen LogP contribution >= 0.6 is 0 Å². The van der Waals surface area contributed by atoms with Crippen LogP contribution in [-0.4, -0.2) is 11.2 Å². The molecule has 1 N–H and O–H groups in total. The first-order valence-electron chi connectivity index (χ1n) is 7.15. The van der Waals surface area contributed by atoms with Crippen molar-refractivity contribution in [1.82, 2.24) is 0 Å². The molecule has 0 rings (SSSR count). The lowest BCUT2D eigenvalue weighted by atomic mass is 9.92. The lowest BCUT2D eigenvalue weighted by Gasteiger charge is -2.18. The van der Waals surface area contributed by atoms with Crippen molar-refractivity contribution >= 4 is 0 Å². The van der Waals surface area contributed by atoms with Crippen LogP contribution in [-0.2, 0) is 0 Å². The summed E-state index contributed by atoms with van der Waals surface area (Å²) in [4.78, 5) is 0. The fraction of sp³-hybridized carbons (Fsp3) is 1.00. The summed E-state index contributed by atoms with van der Waals surface area (Å²) in [6.45, 7) is 11.1. The van der Waals surface area contributed by atoms with Crippen molar-refractivity contribution < 1.29 is 5.11 Å². The van der Waals surface area contributed by atoms with Crippen LogP contribution in [0.3, 0.4) is 0 Å². The number of rotatable bonds is 9. The molecular formula is C15H32O. The Balaban J connectivity index is 3.48. The minimum atomic E-state index is -0.1000. The highest BCUT2D eigenvalue weighted by Crippen LogP contribution is 2.20. The molecular weight excluding hydrogens is 196 g/mol. The van der Waals surface area contributed by atoms with Gasteiger partial charge in [0.15, 0.2) is 0 Å². The molecule has 3 unspecified atom stereocenters. The molecule has 98 valence electrons. The van der Waals surface area contributed by atoms with Crippen molar-refractivity contribution in [1.29, 1.82) is 0 Å². The van der Waals surface area contributed by atoms with Crippen LogP contribution in [0, 0.1) is 17.8 Å². The summed E-state index contributed by atoms with van der Waals surface area (Å²) in [6.07, 6.45) is 7.41. The Labute approximate surface area is 103 Å². The van der Waals surface area contributed by atoms with E-state index in [0.717, 1.165) is 18.3 Å². The summed E-state index contributed by atoms with van der Waals surface area (Å²) >= 11 is 0. The lowest BCUT2D eigenvalue weighted by molar-refractivity contribution is 0.108. The Bertz CT molecular complexity index is 154. The van der Waals surface area contributed by atoms with Crippen molar-refractivity contribution in [3.8, 4) is 0 Å². The molecule has 1 nitrogen and oxygen atoms in total. The second-order valence-corrected chi connectivity index (χ2v) is 5.94. The molecule has 0 amide bonds. The molecule has 0 saturated carbocycles. The van der Waals surface area contributed by atoms with E-state index in [4.69, 9.17) is 0 Å². The molecule has 0 fully saturated rings. The van der Waals surface area contributed by atoms with E-state index >= 15 is 0 Å². The van der Waals surface area contributed by atoms with E-state index in [1.165, 1.54) is 32.1 Å². The van der Waals surface area contributed by atoms with Crippen molar-refractivity contribution in [2.45, 2.75) is 79.2 Å². The van der Waals surface area contributed by atoms with Gasteiger partial charge in [0.25, 0.3) is 0 Å². The Kier molecular flexibility index (Phi) is 9.02. The maximum Gasteiger partial charge on any atom is 0.0563 e. The van der Waals surface area contributed by atoms with E-state index in [1.54, 1.807) is 0 Å². The SMILES string of the molecule is CCC(C)CCCC(C)CCC(O)C(C)C. The van der Waals surface area contributed by atoms with Crippen LogP contribution < -0.4 is 0 Å². The molecule has 0 aromatic carbocycles. The van der Waals surface area contributed by atoms with E-state index in [1.807, 2.05) is 0 Å². The first-order valence-corrected chi connectivity index (χ1v) is 7.15. The van der Waals surface area contributed by atoms with Gasteiger partial charge < -0.3 is 5.11 Å². The summed E-state index contributed by atoms with van der Waals surface area (Å²) in [7, 11) is 0. The molecule has 0 aromatic rings. The average molecular weight is 228 g/mol. The average Bonchev–Trinajstić information content (AvgIpc) is 2.25. The molecule has 3 atom stereocenters. The van der Waals surface area contributed by atoms with Crippen LogP contribution in [0.15, 0.2) is 0 Å². The summed E-state index contributed by atoms with van der Waals surface area (Å²) in [5.74, 6) is 2.07.